The molecule has 0 aliphatic rings. The Morgan fingerprint density at radius 3 is 2.74 bits per heavy atom. The first-order valence-corrected chi connectivity index (χ1v) is 5.69. The average Bonchev–Trinajstić information content (AvgIpc) is 2.36. The number of benzene rings is 1. The number of hydrogen-bond acceptors (Lipinski definition) is 4. The van der Waals surface area contributed by atoms with E-state index >= 15 is 0 Å². The Hall–Kier alpha value is -2.14. The zero-order valence-electron chi connectivity index (χ0n) is 9.98. The van der Waals surface area contributed by atoms with Crippen molar-refractivity contribution in [3.63, 3.8) is 0 Å². The van der Waals surface area contributed by atoms with Gasteiger partial charge in [0.25, 0.3) is 0 Å². The van der Waals surface area contributed by atoms with Gasteiger partial charge in [-0.2, -0.15) is 0 Å². The quantitative estimate of drug-likeness (QED) is 0.859. The molecule has 1 heterocycles. The number of carbonyl (C=O) groups is 1. The number of nitrogens with zero attached hydrogens (tertiary/aromatic N) is 1. The molecule has 0 unspecified atom stereocenters. The van der Waals surface area contributed by atoms with Crippen molar-refractivity contribution in [3.8, 4) is 11.1 Å². The van der Waals surface area contributed by atoms with Gasteiger partial charge < -0.3 is 10.5 Å². The topological polar surface area (TPSA) is 65.2 Å². The van der Waals surface area contributed by atoms with Crippen molar-refractivity contribution >= 4 is 23.4 Å². The molecule has 19 heavy (non-hydrogen) atoms. The van der Waals surface area contributed by atoms with Crippen molar-refractivity contribution < 1.29 is 13.9 Å². The minimum atomic E-state index is -0.579. The van der Waals surface area contributed by atoms with Gasteiger partial charge in [0.1, 0.15) is 11.6 Å². The lowest BCUT2D eigenvalue weighted by molar-refractivity contribution is 0.0601. The number of ether oxygens (including phenoxy) is 1. The molecule has 0 amide bonds. The number of nitrogen functional groups attached to an aromatic ring is 1. The summed E-state index contributed by atoms with van der Waals surface area (Å²) < 4.78 is 18.0. The molecule has 0 spiro atoms. The van der Waals surface area contributed by atoms with Crippen LogP contribution in [0.4, 0.5) is 10.2 Å². The van der Waals surface area contributed by atoms with E-state index in [0.29, 0.717) is 11.1 Å². The zero-order valence-corrected chi connectivity index (χ0v) is 10.7. The SMILES string of the molecule is COC(=O)c1cc(N)ncc1-c1cc(F)cc(Cl)c1. The predicted octanol–water partition coefficient (Wildman–Crippen LogP) is 2.91. The highest BCUT2D eigenvalue weighted by atomic mass is 35.5. The summed E-state index contributed by atoms with van der Waals surface area (Å²) in [6, 6.07) is 5.34. The number of hydrogen-bond donors (Lipinski definition) is 1. The molecule has 6 heteroatoms. The van der Waals surface area contributed by atoms with E-state index < -0.39 is 11.8 Å². The molecule has 2 rings (SSSR count). The molecule has 0 bridgehead atoms. The van der Waals surface area contributed by atoms with Gasteiger partial charge in [0.2, 0.25) is 0 Å². The maximum Gasteiger partial charge on any atom is 0.338 e. The van der Waals surface area contributed by atoms with Gasteiger partial charge >= 0.3 is 5.97 Å². The van der Waals surface area contributed by atoms with Crippen LogP contribution in [0, 0.1) is 5.82 Å². The highest BCUT2D eigenvalue weighted by Crippen LogP contribution is 2.28. The van der Waals surface area contributed by atoms with Gasteiger partial charge in [-0.1, -0.05) is 11.6 Å². The van der Waals surface area contributed by atoms with E-state index in [1.807, 2.05) is 0 Å². The van der Waals surface area contributed by atoms with Crippen molar-refractivity contribution in [2.45, 2.75) is 0 Å². The Labute approximate surface area is 114 Å². The molecule has 98 valence electrons. The monoisotopic (exact) mass is 280 g/mol. The van der Waals surface area contributed by atoms with Gasteiger partial charge in [0.05, 0.1) is 12.7 Å². The molecule has 0 saturated heterocycles. The number of anilines is 1. The summed E-state index contributed by atoms with van der Waals surface area (Å²) in [4.78, 5) is 15.6. The van der Waals surface area contributed by atoms with Gasteiger partial charge in [-0.05, 0) is 29.8 Å². The minimum Gasteiger partial charge on any atom is -0.465 e. The van der Waals surface area contributed by atoms with E-state index in [4.69, 9.17) is 17.3 Å². The van der Waals surface area contributed by atoms with E-state index in [-0.39, 0.29) is 16.4 Å². The van der Waals surface area contributed by atoms with E-state index in [2.05, 4.69) is 9.72 Å². The fourth-order valence-corrected chi connectivity index (χ4v) is 1.91. The fraction of sp³-hybridized carbons (Fsp3) is 0.0769. The molecule has 0 fully saturated rings. The van der Waals surface area contributed by atoms with Crippen LogP contribution in [-0.4, -0.2) is 18.1 Å². The van der Waals surface area contributed by atoms with Crippen molar-refractivity contribution in [1.29, 1.82) is 0 Å². The van der Waals surface area contributed by atoms with Crippen LogP contribution in [-0.2, 0) is 4.74 Å². The number of carbonyl (C=O) groups excluding carboxylic acids is 1. The third-order valence-corrected chi connectivity index (χ3v) is 2.72. The highest BCUT2D eigenvalue weighted by molar-refractivity contribution is 6.30. The highest BCUT2D eigenvalue weighted by Gasteiger charge is 2.15. The predicted molar refractivity (Wildman–Crippen MR) is 70.4 cm³/mol. The van der Waals surface area contributed by atoms with Gasteiger partial charge in [-0.15, -0.1) is 0 Å². The fourth-order valence-electron chi connectivity index (χ4n) is 1.69. The van der Waals surface area contributed by atoms with Crippen molar-refractivity contribution in [3.05, 3.63) is 46.9 Å². The second kappa shape index (κ2) is 5.24. The number of pyridine rings is 1. The maximum atomic E-state index is 13.4. The molecular weight excluding hydrogens is 271 g/mol. The number of aromatic nitrogens is 1. The Morgan fingerprint density at radius 1 is 1.37 bits per heavy atom. The molecule has 0 aliphatic carbocycles. The van der Waals surface area contributed by atoms with Crippen LogP contribution in [0.5, 0.6) is 0 Å². The normalized spacial score (nSPS) is 10.3. The standard InChI is InChI=1S/C13H10ClFN2O2/c1-19-13(18)10-5-12(16)17-6-11(10)7-2-8(14)4-9(15)3-7/h2-6H,1H3,(H2,16,17). The summed E-state index contributed by atoms with van der Waals surface area (Å²) in [5.41, 5.74) is 6.58. The number of nitrogens with two attached hydrogens (primary N) is 1. The largest absolute Gasteiger partial charge is 0.465 e. The van der Waals surface area contributed by atoms with Crippen LogP contribution in [0.15, 0.2) is 30.5 Å². The van der Waals surface area contributed by atoms with Crippen LogP contribution in [0.1, 0.15) is 10.4 Å². The summed E-state index contributed by atoms with van der Waals surface area (Å²) in [6.07, 6.45) is 1.38. The van der Waals surface area contributed by atoms with Gasteiger partial charge in [0.15, 0.2) is 0 Å². The lowest BCUT2D eigenvalue weighted by Gasteiger charge is -2.09. The van der Waals surface area contributed by atoms with Crippen LogP contribution < -0.4 is 5.73 Å². The van der Waals surface area contributed by atoms with Crippen molar-refractivity contribution in [2.24, 2.45) is 0 Å². The molecule has 4 nitrogen and oxygen atoms in total. The van der Waals surface area contributed by atoms with Gasteiger partial charge in [-0.25, -0.2) is 14.2 Å². The van der Waals surface area contributed by atoms with E-state index in [9.17, 15) is 9.18 Å². The molecule has 0 saturated carbocycles. The van der Waals surface area contributed by atoms with Crippen LogP contribution >= 0.6 is 11.6 Å². The Balaban J connectivity index is 2.64. The number of esters is 1. The van der Waals surface area contributed by atoms with E-state index in [1.165, 1.54) is 37.6 Å². The second-order valence-electron chi connectivity index (χ2n) is 3.80. The van der Waals surface area contributed by atoms with Crippen molar-refractivity contribution in [2.75, 3.05) is 12.8 Å². The van der Waals surface area contributed by atoms with Crippen molar-refractivity contribution in [1.82, 2.24) is 4.98 Å². The zero-order chi connectivity index (χ0) is 14.0. The number of rotatable bonds is 2. The van der Waals surface area contributed by atoms with E-state index in [0.717, 1.165) is 0 Å². The molecule has 2 aromatic rings. The molecule has 0 atom stereocenters. The summed E-state index contributed by atoms with van der Waals surface area (Å²) in [6.45, 7) is 0. The minimum absolute atomic E-state index is 0.173. The second-order valence-corrected chi connectivity index (χ2v) is 4.24. The third-order valence-electron chi connectivity index (χ3n) is 2.50. The lowest BCUT2D eigenvalue weighted by Crippen LogP contribution is -2.06. The smallest absolute Gasteiger partial charge is 0.338 e. The molecule has 0 aliphatic heterocycles. The summed E-state index contributed by atoms with van der Waals surface area (Å²) in [7, 11) is 1.25. The Morgan fingerprint density at radius 2 is 2.11 bits per heavy atom. The van der Waals surface area contributed by atoms with Gasteiger partial charge in [-0.3, -0.25) is 0 Å². The molecular formula is C13H10ClFN2O2. The summed E-state index contributed by atoms with van der Waals surface area (Å²) in [5.74, 6) is -0.911. The van der Waals surface area contributed by atoms with Gasteiger partial charge in [0, 0.05) is 16.8 Å². The molecule has 1 aromatic heterocycles. The average molecular weight is 281 g/mol. The Kier molecular flexibility index (Phi) is 3.66. The van der Waals surface area contributed by atoms with Crippen LogP contribution in [0.2, 0.25) is 5.02 Å². The number of methoxy groups -OCH3 is 1. The first-order valence-electron chi connectivity index (χ1n) is 5.31. The summed E-state index contributed by atoms with van der Waals surface area (Å²) in [5, 5.41) is 0.225. The van der Waals surface area contributed by atoms with Crippen LogP contribution in [0.3, 0.4) is 0 Å². The number of halogens is 2. The first kappa shape index (κ1) is 13.3. The third kappa shape index (κ3) is 2.82. The van der Waals surface area contributed by atoms with Crippen LogP contribution in [0.25, 0.3) is 11.1 Å². The maximum absolute atomic E-state index is 13.4. The molecule has 2 N–H and O–H groups in total. The van der Waals surface area contributed by atoms with E-state index in [1.54, 1.807) is 0 Å². The molecule has 0 radical (unpaired) electrons. The lowest BCUT2D eigenvalue weighted by atomic mass is 10.0. The summed E-state index contributed by atoms with van der Waals surface area (Å²) >= 11 is 5.80. The first-order chi connectivity index (χ1) is 9.01. The molecule has 1 aromatic carbocycles. The Bertz CT molecular complexity index is 626.